The predicted molar refractivity (Wildman–Crippen MR) is 117 cm³/mol. The molecule has 1 N–H and O–H groups in total. The van der Waals surface area contributed by atoms with E-state index in [0.717, 1.165) is 0 Å². The van der Waals surface area contributed by atoms with Gasteiger partial charge in [-0.05, 0) is 48.0 Å². The Bertz CT molecular complexity index is 1230. The molecule has 0 bridgehead atoms. The van der Waals surface area contributed by atoms with Crippen molar-refractivity contribution in [3.05, 3.63) is 89.5 Å². The third kappa shape index (κ3) is 3.15. The number of methoxy groups -OCH3 is 1. The number of rotatable bonds is 4. The minimum absolute atomic E-state index is 0.0101. The van der Waals surface area contributed by atoms with E-state index >= 15 is 0 Å². The van der Waals surface area contributed by atoms with Gasteiger partial charge in [0, 0.05) is 11.3 Å². The normalized spacial score (nSPS) is 18.8. The number of hydrogen-bond donors (Lipinski definition) is 1. The highest BCUT2D eigenvalue weighted by atomic mass is 16.7. The van der Waals surface area contributed by atoms with Crippen LogP contribution in [0.25, 0.3) is 5.76 Å². The summed E-state index contributed by atoms with van der Waals surface area (Å²) in [6.07, 6.45) is 0. The summed E-state index contributed by atoms with van der Waals surface area (Å²) in [6, 6.07) is 20.1. The van der Waals surface area contributed by atoms with Crippen LogP contribution >= 0.6 is 0 Å². The number of anilines is 1. The zero-order valence-corrected chi connectivity index (χ0v) is 17.1. The maximum Gasteiger partial charge on any atom is 0.300 e. The molecule has 32 heavy (non-hydrogen) atoms. The van der Waals surface area contributed by atoms with Crippen molar-refractivity contribution in [1.82, 2.24) is 0 Å². The molecule has 0 saturated carbocycles. The largest absolute Gasteiger partial charge is 0.507 e. The molecule has 160 valence electrons. The molecule has 0 spiro atoms. The molecule has 0 radical (unpaired) electrons. The number of aliphatic hydroxyl groups excluding tert-OH is 1. The molecule has 1 fully saturated rings. The third-order valence-corrected chi connectivity index (χ3v) is 5.56. The number of benzene rings is 3. The number of hydrogen-bond acceptors (Lipinski definition) is 6. The number of nitrogens with zero attached hydrogens (tertiary/aromatic N) is 1. The first kappa shape index (κ1) is 19.7. The molecule has 5 rings (SSSR count). The van der Waals surface area contributed by atoms with Gasteiger partial charge in [0.25, 0.3) is 11.7 Å². The number of ether oxygens (including phenoxy) is 3. The van der Waals surface area contributed by atoms with Gasteiger partial charge >= 0.3 is 0 Å². The van der Waals surface area contributed by atoms with E-state index in [0.29, 0.717) is 34.1 Å². The van der Waals surface area contributed by atoms with Crippen LogP contribution in [0, 0.1) is 0 Å². The molecule has 3 aromatic carbocycles. The van der Waals surface area contributed by atoms with E-state index in [9.17, 15) is 14.7 Å². The maximum absolute atomic E-state index is 13.2. The molecule has 1 amide bonds. The van der Waals surface area contributed by atoms with Crippen LogP contribution in [-0.4, -0.2) is 30.7 Å². The zero-order valence-electron chi connectivity index (χ0n) is 17.1. The van der Waals surface area contributed by atoms with Crippen LogP contribution in [0.1, 0.15) is 17.2 Å². The molecule has 7 heteroatoms. The number of aliphatic hydroxyl groups is 1. The monoisotopic (exact) mass is 429 g/mol. The van der Waals surface area contributed by atoms with E-state index in [1.807, 2.05) is 30.3 Å². The second-order valence-corrected chi connectivity index (χ2v) is 7.35. The number of fused-ring (bicyclic) bond motifs is 1. The molecule has 7 nitrogen and oxygen atoms in total. The highest BCUT2D eigenvalue weighted by Crippen LogP contribution is 2.43. The molecule has 1 unspecified atom stereocenters. The predicted octanol–water partition coefficient (Wildman–Crippen LogP) is 4.05. The Morgan fingerprint density at radius 3 is 2.41 bits per heavy atom. The molecule has 0 aromatic heterocycles. The number of carbonyl (C=O) groups excluding carboxylic acids is 2. The lowest BCUT2D eigenvalue weighted by Gasteiger charge is -2.25. The van der Waals surface area contributed by atoms with E-state index in [4.69, 9.17) is 14.2 Å². The van der Waals surface area contributed by atoms with Crippen molar-refractivity contribution in [2.75, 3.05) is 18.8 Å². The Morgan fingerprint density at radius 2 is 1.69 bits per heavy atom. The van der Waals surface area contributed by atoms with Crippen LogP contribution in [0.4, 0.5) is 5.69 Å². The van der Waals surface area contributed by atoms with Gasteiger partial charge in [0.15, 0.2) is 11.5 Å². The van der Waals surface area contributed by atoms with Gasteiger partial charge in [-0.1, -0.05) is 30.3 Å². The summed E-state index contributed by atoms with van der Waals surface area (Å²) in [7, 11) is 1.55. The Morgan fingerprint density at radius 1 is 0.969 bits per heavy atom. The number of Topliss-reactive ketones (excluding diaryl/α,β-unsaturated/α-hetero) is 1. The van der Waals surface area contributed by atoms with E-state index in [-0.39, 0.29) is 18.1 Å². The topological polar surface area (TPSA) is 85.3 Å². The second kappa shape index (κ2) is 7.77. The first-order chi connectivity index (χ1) is 15.6. The van der Waals surface area contributed by atoms with Gasteiger partial charge in [-0.15, -0.1) is 0 Å². The average Bonchev–Trinajstić information content (AvgIpc) is 3.41. The summed E-state index contributed by atoms with van der Waals surface area (Å²) in [5, 5.41) is 11.2. The summed E-state index contributed by atoms with van der Waals surface area (Å²) in [5.41, 5.74) is 1.59. The first-order valence-corrected chi connectivity index (χ1v) is 9.98. The van der Waals surface area contributed by atoms with Gasteiger partial charge in [-0.2, -0.15) is 0 Å². The highest BCUT2D eigenvalue weighted by Gasteiger charge is 2.47. The third-order valence-electron chi connectivity index (χ3n) is 5.56. The summed E-state index contributed by atoms with van der Waals surface area (Å²) >= 11 is 0. The summed E-state index contributed by atoms with van der Waals surface area (Å²) < 4.78 is 15.9. The van der Waals surface area contributed by atoms with Crippen molar-refractivity contribution in [3.63, 3.8) is 0 Å². The summed E-state index contributed by atoms with van der Waals surface area (Å²) in [5.74, 6) is -0.0980. The van der Waals surface area contributed by atoms with Gasteiger partial charge in [-0.3, -0.25) is 14.5 Å². The van der Waals surface area contributed by atoms with Gasteiger partial charge in [-0.25, -0.2) is 0 Å². The average molecular weight is 429 g/mol. The van der Waals surface area contributed by atoms with E-state index in [1.165, 1.54) is 4.90 Å². The van der Waals surface area contributed by atoms with Crippen molar-refractivity contribution >= 4 is 23.1 Å². The van der Waals surface area contributed by atoms with E-state index < -0.39 is 17.7 Å². The lowest BCUT2D eigenvalue weighted by atomic mass is 9.95. The molecular weight excluding hydrogens is 410 g/mol. The van der Waals surface area contributed by atoms with Gasteiger partial charge in [0.05, 0.1) is 18.7 Å². The molecule has 2 aliphatic heterocycles. The van der Waals surface area contributed by atoms with Crippen LogP contribution in [0.15, 0.2) is 78.4 Å². The van der Waals surface area contributed by atoms with Crippen molar-refractivity contribution in [2.45, 2.75) is 6.04 Å². The van der Waals surface area contributed by atoms with Crippen molar-refractivity contribution < 1.29 is 28.9 Å². The Labute approximate surface area is 184 Å². The molecule has 2 aliphatic rings. The van der Waals surface area contributed by atoms with Gasteiger partial charge < -0.3 is 19.3 Å². The van der Waals surface area contributed by atoms with Gasteiger partial charge in [0.1, 0.15) is 11.5 Å². The smallest absolute Gasteiger partial charge is 0.300 e. The Hall–Kier alpha value is -4.26. The lowest BCUT2D eigenvalue weighted by Crippen LogP contribution is -2.29. The first-order valence-electron chi connectivity index (χ1n) is 9.98. The minimum atomic E-state index is -0.796. The number of amides is 1. The molecule has 0 aliphatic carbocycles. The van der Waals surface area contributed by atoms with Crippen molar-refractivity contribution in [1.29, 1.82) is 0 Å². The summed E-state index contributed by atoms with van der Waals surface area (Å²) in [4.78, 5) is 27.7. The molecule has 2 heterocycles. The van der Waals surface area contributed by atoms with E-state index in [1.54, 1.807) is 49.6 Å². The van der Waals surface area contributed by atoms with Crippen LogP contribution in [0.3, 0.4) is 0 Å². The number of ketones is 1. The fourth-order valence-corrected chi connectivity index (χ4v) is 3.99. The molecule has 3 aromatic rings. The zero-order chi connectivity index (χ0) is 22.2. The van der Waals surface area contributed by atoms with Crippen LogP contribution in [0.2, 0.25) is 0 Å². The number of carbonyl (C=O) groups is 2. The van der Waals surface area contributed by atoms with Crippen molar-refractivity contribution in [3.8, 4) is 17.2 Å². The van der Waals surface area contributed by atoms with Crippen molar-refractivity contribution in [2.24, 2.45) is 0 Å². The lowest BCUT2D eigenvalue weighted by molar-refractivity contribution is -0.132. The Balaban J connectivity index is 1.67. The summed E-state index contributed by atoms with van der Waals surface area (Å²) in [6.45, 7) is 0.0887. The maximum atomic E-state index is 13.2. The SMILES string of the molecule is COc1ccc(N2C(=O)C(=O)/C(=C(\O)c3ccc4c(c3)OCO4)C2c2ccccc2)cc1. The highest BCUT2D eigenvalue weighted by molar-refractivity contribution is 6.51. The fraction of sp³-hybridized carbons (Fsp3) is 0.120. The Kier molecular flexibility index (Phi) is 4.78. The van der Waals surface area contributed by atoms with Crippen LogP contribution in [0.5, 0.6) is 17.2 Å². The van der Waals surface area contributed by atoms with Gasteiger partial charge in [0.2, 0.25) is 6.79 Å². The minimum Gasteiger partial charge on any atom is -0.507 e. The molecular formula is C25H19NO6. The van der Waals surface area contributed by atoms with Crippen LogP contribution < -0.4 is 19.1 Å². The fourth-order valence-electron chi connectivity index (χ4n) is 3.99. The van der Waals surface area contributed by atoms with Crippen LogP contribution in [-0.2, 0) is 9.59 Å². The standard InChI is InChI=1S/C25H19NO6/c1-30-18-10-8-17(9-11-18)26-22(15-5-3-2-4-6-15)21(24(28)25(26)29)23(27)16-7-12-19-20(13-16)32-14-31-19/h2-13,22,27H,14H2,1H3/b23-21-. The molecule has 1 saturated heterocycles. The quantitative estimate of drug-likeness (QED) is 0.383. The van der Waals surface area contributed by atoms with E-state index in [2.05, 4.69) is 0 Å². The molecule has 1 atom stereocenters. The second-order valence-electron chi connectivity index (χ2n) is 7.35.